The Labute approximate surface area is 73.7 Å². The molecule has 0 rings (SSSR count). The Morgan fingerprint density at radius 3 is 2.33 bits per heavy atom. The van der Waals surface area contributed by atoms with Crippen LogP contribution in [-0.4, -0.2) is 25.5 Å². The van der Waals surface area contributed by atoms with Gasteiger partial charge in [0.2, 0.25) is 5.91 Å². The van der Waals surface area contributed by atoms with E-state index in [4.69, 9.17) is 11.5 Å². The molecule has 0 aromatic rings. The molecule has 72 valence electrons. The van der Waals surface area contributed by atoms with Crippen molar-refractivity contribution in [2.75, 3.05) is 19.6 Å². The molecule has 0 aliphatic carbocycles. The molecule has 0 saturated heterocycles. The predicted molar refractivity (Wildman–Crippen MR) is 49.6 cm³/mol. The van der Waals surface area contributed by atoms with E-state index in [1.807, 2.05) is 0 Å². The largest absolute Gasteiger partial charge is 0.356 e. The standard InChI is InChI=1S/C8H19N3O/c9-5-1-2-7-11-8(12)4-3-6-10/h1-7,9-10H2,(H,11,12). The first-order chi connectivity index (χ1) is 5.81. The van der Waals surface area contributed by atoms with E-state index in [1.54, 1.807) is 0 Å². The summed E-state index contributed by atoms with van der Waals surface area (Å²) in [4.78, 5) is 11.0. The summed E-state index contributed by atoms with van der Waals surface area (Å²) in [5.41, 5.74) is 10.6. The fourth-order valence-electron chi connectivity index (χ4n) is 0.848. The number of rotatable bonds is 7. The Morgan fingerprint density at radius 1 is 1.08 bits per heavy atom. The van der Waals surface area contributed by atoms with Gasteiger partial charge < -0.3 is 16.8 Å². The molecule has 0 aromatic heterocycles. The Hall–Kier alpha value is -0.610. The van der Waals surface area contributed by atoms with Crippen LogP contribution >= 0.6 is 0 Å². The first kappa shape index (κ1) is 11.4. The molecule has 0 radical (unpaired) electrons. The summed E-state index contributed by atoms with van der Waals surface area (Å²) in [6.45, 7) is 2.01. The molecule has 0 unspecified atom stereocenters. The average molecular weight is 173 g/mol. The monoisotopic (exact) mass is 173 g/mol. The van der Waals surface area contributed by atoms with Gasteiger partial charge >= 0.3 is 0 Å². The highest BCUT2D eigenvalue weighted by Crippen LogP contribution is 1.87. The number of unbranched alkanes of at least 4 members (excludes halogenated alkanes) is 1. The zero-order chi connectivity index (χ0) is 9.23. The van der Waals surface area contributed by atoms with Crippen LogP contribution in [0.4, 0.5) is 0 Å². The lowest BCUT2D eigenvalue weighted by Gasteiger charge is -2.02. The normalized spacial score (nSPS) is 9.83. The lowest BCUT2D eigenvalue weighted by molar-refractivity contribution is -0.121. The lowest BCUT2D eigenvalue weighted by atomic mass is 10.3. The third-order valence-corrected chi connectivity index (χ3v) is 1.56. The number of hydrogen-bond donors (Lipinski definition) is 3. The maximum Gasteiger partial charge on any atom is 0.220 e. The van der Waals surface area contributed by atoms with E-state index in [0.29, 0.717) is 19.5 Å². The van der Waals surface area contributed by atoms with Crippen molar-refractivity contribution in [3.63, 3.8) is 0 Å². The molecule has 1 amide bonds. The van der Waals surface area contributed by atoms with Crippen LogP contribution < -0.4 is 16.8 Å². The second-order valence-corrected chi connectivity index (χ2v) is 2.74. The van der Waals surface area contributed by atoms with Gasteiger partial charge in [0.1, 0.15) is 0 Å². The van der Waals surface area contributed by atoms with Crippen LogP contribution in [0, 0.1) is 0 Å². The van der Waals surface area contributed by atoms with Crippen LogP contribution in [0.1, 0.15) is 25.7 Å². The SMILES string of the molecule is NCCCCNC(=O)CCCN. The number of amides is 1. The molecule has 4 heteroatoms. The van der Waals surface area contributed by atoms with Crippen molar-refractivity contribution in [3.8, 4) is 0 Å². The summed E-state index contributed by atoms with van der Waals surface area (Å²) in [6, 6.07) is 0. The highest BCUT2D eigenvalue weighted by molar-refractivity contribution is 5.75. The fourth-order valence-corrected chi connectivity index (χ4v) is 0.848. The van der Waals surface area contributed by atoms with E-state index >= 15 is 0 Å². The summed E-state index contributed by atoms with van der Waals surface area (Å²) in [5.74, 6) is 0.0949. The molecule has 0 saturated carbocycles. The van der Waals surface area contributed by atoms with Gasteiger partial charge in [-0.2, -0.15) is 0 Å². The predicted octanol–water partition coefficient (Wildman–Crippen LogP) is -0.420. The molecule has 12 heavy (non-hydrogen) atoms. The quantitative estimate of drug-likeness (QED) is 0.457. The van der Waals surface area contributed by atoms with Gasteiger partial charge in [-0.25, -0.2) is 0 Å². The molecule has 0 aliphatic rings. The van der Waals surface area contributed by atoms with Crippen molar-refractivity contribution >= 4 is 5.91 Å². The molecule has 0 spiro atoms. The Balaban J connectivity index is 3.08. The second kappa shape index (κ2) is 8.49. The topological polar surface area (TPSA) is 81.1 Å². The minimum Gasteiger partial charge on any atom is -0.356 e. The zero-order valence-corrected chi connectivity index (χ0v) is 7.51. The highest BCUT2D eigenvalue weighted by atomic mass is 16.1. The number of carbonyl (C=O) groups is 1. The van der Waals surface area contributed by atoms with E-state index < -0.39 is 0 Å². The smallest absolute Gasteiger partial charge is 0.220 e. The van der Waals surface area contributed by atoms with Gasteiger partial charge in [-0.3, -0.25) is 4.79 Å². The average Bonchev–Trinajstić information content (AvgIpc) is 2.09. The second-order valence-electron chi connectivity index (χ2n) is 2.74. The molecule has 0 heterocycles. The molecule has 5 N–H and O–H groups in total. The van der Waals surface area contributed by atoms with E-state index in [2.05, 4.69) is 5.32 Å². The summed E-state index contributed by atoms with van der Waals surface area (Å²) >= 11 is 0. The third kappa shape index (κ3) is 7.50. The van der Waals surface area contributed by atoms with Crippen LogP contribution in [0.2, 0.25) is 0 Å². The molecular formula is C8H19N3O. The number of hydrogen-bond acceptors (Lipinski definition) is 3. The van der Waals surface area contributed by atoms with Crippen molar-refractivity contribution in [1.82, 2.24) is 5.32 Å². The molecule has 4 nitrogen and oxygen atoms in total. The Bertz CT molecular complexity index is 117. The summed E-state index contributed by atoms with van der Waals surface area (Å²) < 4.78 is 0. The maximum atomic E-state index is 11.0. The number of carbonyl (C=O) groups excluding carboxylic acids is 1. The van der Waals surface area contributed by atoms with E-state index in [9.17, 15) is 4.79 Å². The molecule has 0 atom stereocenters. The lowest BCUT2D eigenvalue weighted by Crippen LogP contribution is -2.25. The van der Waals surface area contributed by atoms with Crippen LogP contribution in [0.5, 0.6) is 0 Å². The Kier molecular flexibility index (Phi) is 8.05. The molecule has 0 fully saturated rings. The first-order valence-electron chi connectivity index (χ1n) is 4.48. The zero-order valence-electron chi connectivity index (χ0n) is 7.51. The molecule has 0 aliphatic heterocycles. The molecule has 0 bridgehead atoms. The summed E-state index contributed by atoms with van der Waals surface area (Å²) in [5, 5.41) is 2.80. The fraction of sp³-hybridized carbons (Fsp3) is 0.875. The maximum absolute atomic E-state index is 11.0. The third-order valence-electron chi connectivity index (χ3n) is 1.56. The minimum absolute atomic E-state index is 0.0949. The molecular weight excluding hydrogens is 154 g/mol. The van der Waals surface area contributed by atoms with Crippen molar-refractivity contribution in [2.45, 2.75) is 25.7 Å². The first-order valence-corrected chi connectivity index (χ1v) is 4.48. The summed E-state index contributed by atoms with van der Waals surface area (Å²) in [6.07, 6.45) is 3.24. The van der Waals surface area contributed by atoms with E-state index in [1.165, 1.54) is 0 Å². The van der Waals surface area contributed by atoms with Gasteiger partial charge in [0.15, 0.2) is 0 Å². The highest BCUT2D eigenvalue weighted by Gasteiger charge is 1.97. The number of nitrogens with two attached hydrogens (primary N) is 2. The van der Waals surface area contributed by atoms with E-state index in [0.717, 1.165) is 25.8 Å². The van der Waals surface area contributed by atoms with Crippen molar-refractivity contribution < 1.29 is 4.79 Å². The summed E-state index contributed by atoms with van der Waals surface area (Å²) in [7, 11) is 0. The van der Waals surface area contributed by atoms with Crippen molar-refractivity contribution in [3.05, 3.63) is 0 Å². The minimum atomic E-state index is 0.0949. The molecule has 0 aromatic carbocycles. The Morgan fingerprint density at radius 2 is 1.75 bits per heavy atom. The van der Waals surface area contributed by atoms with Crippen LogP contribution in [0.25, 0.3) is 0 Å². The van der Waals surface area contributed by atoms with Gasteiger partial charge in [-0.05, 0) is 32.4 Å². The van der Waals surface area contributed by atoms with Crippen LogP contribution in [-0.2, 0) is 4.79 Å². The van der Waals surface area contributed by atoms with Crippen molar-refractivity contribution in [2.24, 2.45) is 11.5 Å². The van der Waals surface area contributed by atoms with Crippen molar-refractivity contribution in [1.29, 1.82) is 0 Å². The van der Waals surface area contributed by atoms with Gasteiger partial charge in [-0.1, -0.05) is 0 Å². The van der Waals surface area contributed by atoms with Gasteiger partial charge in [0.05, 0.1) is 0 Å². The van der Waals surface area contributed by atoms with Gasteiger partial charge in [-0.15, -0.1) is 0 Å². The van der Waals surface area contributed by atoms with Gasteiger partial charge in [0.25, 0.3) is 0 Å². The van der Waals surface area contributed by atoms with Gasteiger partial charge in [0, 0.05) is 13.0 Å². The van der Waals surface area contributed by atoms with Crippen LogP contribution in [0.15, 0.2) is 0 Å². The van der Waals surface area contributed by atoms with E-state index in [-0.39, 0.29) is 5.91 Å². The van der Waals surface area contributed by atoms with Crippen LogP contribution in [0.3, 0.4) is 0 Å². The number of nitrogens with one attached hydrogen (secondary N) is 1.